The number of ether oxygens (including phenoxy) is 1. The number of nitrogens with two attached hydrogens (primary N) is 1. The number of thiocarbonyl (C=S) groups is 1. The first kappa shape index (κ1) is 16.6. The van der Waals surface area contributed by atoms with E-state index in [2.05, 4.69) is 10.3 Å². The van der Waals surface area contributed by atoms with E-state index in [1.807, 2.05) is 6.92 Å². The Labute approximate surface area is 120 Å². The van der Waals surface area contributed by atoms with Crippen molar-refractivity contribution < 1.29 is 17.9 Å². The molecule has 4 nitrogen and oxygen atoms in total. The maximum absolute atomic E-state index is 12.7. The van der Waals surface area contributed by atoms with Crippen molar-refractivity contribution in [2.45, 2.75) is 25.6 Å². The summed E-state index contributed by atoms with van der Waals surface area (Å²) in [5.74, 6) is 0.0243. The molecule has 8 heteroatoms. The smallest absolute Gasteiger partial charge is 0.389 e. The summed E-state index contributed by atoms with van der Waals surface area (Å²) in [6.07, 6.45) is -3.86. The van der Waals surface area contributed by atoms with E-state index in [1.54, 1.807) is 0 Å². The Morgan fingerprint density at radius 1 is 1.50 bits per heavy atom. The van der Waals surface area contributed by atoms with Crippen LogP contribution >= 0.6 is 12.2 Å². The second-order valence-electron chi connectivity index (χ2n) is 4.16. The SMILES string of the molecule is CCC(COC)Nc1nc(C(F)(F)F)ccc1C(N)=S. The van der Waals surface area contributed by atoms with Crippen LogP contribution in [0.15, 0.2) is 12.1 Å². The number of anilines is 1. The maximum atomic E-state index is 12.7. The van der Waals surface area contributed by atoms with Gasteiger partial charge in [-0.1, -0.05) is 19.1 Å². The molecule has 1 unspecified atom stereocenters. The van der Waals surface area contributed by atoms with Crippen molar-refractivity contribution in [2.24, 2.45) is 5.73 Å². The summed E-state index contributed by atoms with van der Waals surface area (Å²) >= 11 is 4.83. The highest BCUT2D eigenvalue weighted by Gasteiger charge is 2.33. The van der Waals surface area contributed by atoms with E-state index in [0.717, 1.165) is 6.07 Å². The molecule has 0 fully saturated rings. The van der Waals surface area contributed by atoms with Gasteiger partial charge in [0, 0.05) is 7.11 Å². The fraction of sp³-hybridized carbons (Fsp3) is 0.500. The van der Waals surface area contributed by atoms with Crippen LogP contribution in [0.3, 0.4) is 0 Å². The number of hydrogen-bond donors (Lipinski definition) is 2. The molecule has 3 N–H and O–H groups in total. The van der Waals surface area contributed by atoms with E-state index in [1.165, 1.54) is 13.2 Å². The molecule has 0 saturated carbocycles. The van der Waals surface area contributed by atoms with Gasteiger partial charge in [-0.2, -0.15) is 13.2 Å². The van der Waals surface area contributed by atoms with Gasteiger partial charge in [0.05, 0.1) is 18.2 Å². The number of rotatable bonds is 6. The summed E-state index contributed by atoms with van der Waals surface area (Å²) in [5.41, 5.74) is 4.79. The number of halogens is 3. The van der Waals surface area contributed by atoms with Crippen molar-refractivity contribution >= 4 is 23.0 Å². The summed E-state index contributed by atoms with van der Waals surface area (Å²) in [6, 6.07) is 1.90. The molecule has 0 bridgehead atoms. The van der Waals surface area contributed by atoms with E-state index in [4.69, 9.17) is 22.7 Å². The van der Waals surface area contributed by atoms with Gasteiger partial charge in [0.15, 0.2) is 0 Å². The molecule has 1 aromatic rings. The first-order chi connectivity index (χ1) is 9.29. The Kier molecular flexibility index (Phi) is 5.70. The van der Waals surface area contributed by atoms with Crippen LogP contribution in [0.4, 0.5) is 19.0 Å². The van der Waals surface area contributed by atoms with Gasteiger partial charge < -0.3 is 15.8 Å². The normalized spacial score (nSPS) is 13.1. The van der Waals surface area contributed by atoms with Crippen LogP contribution in [-0.4, -0.2) is 29.7 Å². The Morgan fingerprint density at radius 3 is 2.60 bits per heavy atom. The fourth-order valence-electron chi connectivity index (χ4n) is 1.58. The van der Waals surface area contributed by atoms with Crippen LogP contribution in [0.2, 0.25) is 0 Å². The number of pyridine rings is 1. The molecule has 0 aliphatic heterocycles. The molecule has 112 valence electrons. The Bertz CT molecular complexity index is 480. The molecule has 20 heavy (non-hydrogen) atoms. The van der Waals surface area contributed by atoms with Crippen LogP contribution in [0.25, 0.3) is 0 Å². The van der Waals surface area contributed by atoms with Gasteiger partial charge in [-0.25, -0.2) is 4.98 Å². The van der Waals surface area contributed by atoms with Crippen molar-refractivity contribution in [1.29, 1.82) is 0 Å². The molecule has 0 aromatic carbocycles. The van der Waals surface area contributed by atoms with Crippen LogP contribution in [0.1, 0.15) is 24.6 Å². The topological polar surface area (TPSA) is 60.2 Å². The Balaban J connectivity index is 3.15. The highest BCUT2D eigenvalue weighted by atomic mass is 32.1. The molecule has 0 radical (unpaired) electrons. The summed E-state index contributed by atoms with van der Waals surface area (Å²) in [7, 11) is 1.51. The number of alkyl halides is 3. The van der Waals surface area contributed by atoms with Gasteiger partial charge in [-0.15, -0.1) is 0 Å². The van der Waals surface area contributed by atoms with Gasteiger partial charge in [0.25, 0.3) is 0 Å². The molecule has 1 aromatic heterocycles. The average Bonchev–Trinajstić information content (AvgIpc) is 2.36. The number of nitrogens with zero attached hydrogens (tertiary/aromatic N) is 1. The lowest BCUT2D eigenvalue weighted by atomic mass is 10.2. The van der Waals surface area contributed by atoms with Gasteiger partial charge in [0.1, 0.15) is 16.5 Å². The number of nitrogens with one attached hydrogen (secondary N) is 1. The van der Waals surface area contributed by atoms with Crippen molar-refractivity contribution in [2.75, 3.05) is 19.0 Å². The molecule has 0 spiro atoms. The lowest BCUT2D eigenvalue weighted by molar-refractivity contribution is -0.141. The third-order valence-corrected chi connectivity index (χ3v) is 2.87. The third-order valence-electron chi connectivity index (χ3n) is 2.65. The predicted octanol–water partition coefficient (Wildman–Crippen LogP) is 2.57. The first-order valence-electron chi connectivity index (χ1n) is 5.93. The van der Waals surface area contributed by atoms with Gasteiger partial charge in [-0.3, -0.25) is 0 Å². The summed E-state index contributed by atoms with van der Waals surface area (Å²) < 4.78 is 43.1. The molecule has 1 heterocycles. The molecule has 0 aliphatic carbocycles. The third kappa shape index (κ3) is 4.31. The zero-order valence-electron chi connectivity index (χ0n) is 11.1. The minimum atomic E-state index is -4.52. The minimum absolute atomic E-state index is 0.0130. The Morgan fingerprint density at radius 2 is 2.15 bits per heavy atom. The minimum Gasteiger partial charge on any atom is -0.389 e. The molecule has 0 aliphatic rings. The van der Waals surface area contributed by atoms with Crippen LogP contribution in [-0.2, 0) is 10.9 Å². The zero-order valence-corrected chi connectivity index (χ0v) is 11.9. The second kappa shape index (κ2) is 6.85. The maximum Gasteiger partial charge on any atom is 0.433 e. The lowest BCUT2D eigenvalue weighted by Crippen LogP contribution is -2.27. The van der Waals surface area contributed by atoms with E-state index in [-0.39, 0.29) is 22.4 Å². The summed E-state index contributed by atoms with van der Waals surface area (Å²) in [4.78, 5) is 3.56. The van der Waals surface area contributed by atoms with Gasteiger partial charge in [-0.05, 0) is 18.6 Å². The summed E-state index contributed by atoms with van der Waals surface area (Å²) in [5, 5.41) is 2.89. The van der Waals surface area contributed by atoms with E-state index < -0.39 is 11.9 Å². The quantitative estimate of drug-likeness (QED) is 0.791. The number of aromatic nitrogens is 1. The van der Waals surface area contributed by atoms with Crippen molar-refractivity contribution in [1.82, 2.24) is 4.98 Å². The van der Waals surface area contributed by atoms with E-state index >= 15 is 0 Å². The average molecular weight is 307 g/mol. The fourth-order valence-corrected chi connectivity index (χ4v) is 1.75. The summed E-state index contributed by atoms with van der Waals surface area (Å²) in [6.45, 7) is 2.22. The van der Waals surface area contributed by atoms with E-state index in [0.29, 0.717) is 13.0 Å². The van der Waals surface area contributed by atoms with Gasteiger partial charge in [0.2, 0.25) is 0 Å². The zero-order chi connectivity index (χ0) is 15.3. The Hall–Kier alpha value is -1.41. The van der Waals surface area contributed by atoms with Crippen molar-refractivity contribution in [3.8, 4) is 0 Å². The standard InChI is InChI=1S/C12H16F3N3OS/c1-3-7(6-19-2)17-11-8(10(16)20)4-5-9(18-11)12(13,14)15/h4-5,7H,3,6H2,1-2H3,(H2,16,20)(H,17,18). The molecule has 1 rings (SSSR count). The lowest BCUT2D eigenvalue weighted by Gasteiger charge is -2.19. The molecular weight excluding hydrogens is 291 g/mol. The highest BCUT2D eigenvalue weighted by molar-refractivity contribution is 7.80. The first-order valence-corrected chi connectivity index (χ1v) is 6.34. The number of hydrogen-bond acceptors (Lipinski definition) is 4. The molecule has 1 atom stereocenters. The predicted molar refractivity (Wildman–Crippen MR) is 74.7 cm³/mol. The molecular formula is C12H16F3N3OS. The second-order valence-corrected chi connectivity index (χ2v) is 4.60. The molecule has 0 amide bonds. The highest BCUT2D eigenvalue weighted by Crippen LogP contribution is 2.29. The van der Waals surface area contributed by atoms with Crippen molar-refractivity contribution in [3.05, 3.63) is 23.4 Å². The largest absolute Gasteiger partial charge is 0.433 e. The van der Waals surface area contributed by atoms with Crippen LogP contribution in [0, 0.1) is 0 Å². The number of methoxy groups -OCH3 is 1. The molecule has 0 saturated heterocycles. The van der Waals surface area contributed by atoms with E-state index in [9.17, 15) is 13.2 Å². The van der Waals surface area contributed by atoms with Crippen LogP contribution in [0.5, 0.6) is 0 Å². The van der Waals surface area contributed by atoms with Crippen molar-refractivity contribution in [3.63, 3.8) is 0 Å². The van der Waals surface area contributed by atoms with Crippen LogP contribution < -0.4 is 11.1 Å². The van der Waals surface area contributed by atoms with Gasteiger partial charge >= 0.3 is 6.18 Å². The monoisotopic (exact) mass is 307 g/mol.